The zero-order valence-corrected chi connectivity index (χ0v) is 18.6. The lowest BCUT2D eigenvalue weighted by Gasteiger charge is -2.10. The summed E-state index contributed by atoms with van der Waals surface area (Å²) in [4.78, 5) is 21.5. The molecule has 0 aliphatic heterocycles. The minimum Gasteiger partial charge on any atom is -0.441 e. The first kappa shape index (κ1) is 22.0. The van der Waals surface area contributed by atoms with Gasteiger partial charge in [0.1, 0.15) is 0 Å². The number of hydrogen-bond donors (Lipinski definition) is 1. The van der Waals surface area contributed by atoms with E-state index in [2.05, 4.69) is 15.3 Å². The highest BCUT2D eigenvalue weighted by Gasteiger charge is 2.14. The Labute approximate surface area is 191 Å². The molecule has 166 valence electrons. The topological polar surface area (TPSA) is 82.2 Å². The van der Waals surface area contributed by atoms with E-state index in [1.54, 1.807) is 18.3 Å². The number of ether oxygens (including phenoxy) is 1. The maximum atomic E-state index is 12.6. The molecule has 8 heteroatoms. The van der Waals surface area contributed by atoms with Crippen LogP contribution in [0.25, 0.3) is 22.4 Å². The fourth-order valence-electron chi connectivity index (χ4n) is 3.45. The molecule has 2 heterocycles. The summed E-state index contributed by atoms with van der Waals surface area (Å²) in [5.41, 5.74) is 2.72. The number of carbonyl (C=O) groups is 1. The predicted octanol–water partition coefficient (Wildman–Crippen LogP) is 5.34. The number of rotatable bonds is 10. The first-order valence-electron chi connectivity index (χ1n) is 10.7. The lowest BCUT2D eigenvalue weighted by atomic mass is 10.2. The average molecular weight is 453 g/mol. The number of nitrogens with one attached hydrogen (secondary N) is 1. The van der Waals surface area contributed by atoms with Crippen molar-refractivity contribution in [3.63, 3.8) is 0 Å². The van der Waals surface area contributed by atoms with Crippen LogP contribution in [0.15, 0.2) is 59.1 Å². The molecule has 0 spiro atoms. The average Bonchev–Trinajstić information content (AvgIpc) is 3.41. The van der Waals surface area contributed by atoms with Crippen molar-refractivity contribution in [2.75, 3.05) is 18.5 Å². The number of oxazole rings is 1. The van der Waals surface area contributed by atoms with Gasteiger partial charge in [-0.3, -0.25) is 10.1 Å². The van der Waals surface area contributed by atoms with Crippen molar-refractivity contribution >= 4 is 34.5 Å². The van der Waals surface area contributed by atoms with Crippen molar-refractivity contribution in [2.24, 2.45) is 0 Å². The summed E-state index contributed by atoms with van der Waals surface area (Å²) in [6.45, 7) is 4.04. The summed E-state index contributed by atoms with van der Waals surface area (Å²) in [6.07, 6.45) is 3.13. The second-order valence-corrected chi connectivity index (χ2v) is 7.74. The van der Waals surface area contributed by atoms with Gasteiger partial charge in [-0.25, -0.2) is 9.97 Å². The molecule has 2 aromatic heterocycles. The Hall–Kier alpha value is -3.16. The van der Waals surface area contributed by atoms with Crippen LogP contribution in [0.5, 0.6) is 0 Å². The van der Waals surface area contributed by atoms with E-state index in [9.17, 15) is 4.79 Å². The first-order chi connectivity index (χ1) is 15.6. The summed E-state index contributed by atoms with van der Waals surface area (Å²) in [6, 6.07) is 15.2. The van der Waals surface area contributed by atoms with Crippen molar-refractivity contribution in [2.45, 2.75) is 32.7 Å². The van der Waals surface area contributed by atoms with Crippen LogP contribution in [-0.4, -0.2) is 33.7 Å². The number of halogens is 1. The Bertz CT molecular complexity index is 1180. The van der Waals surface area contributed by atoms with Gasteiger partial charge in [0.2, 0.25) is 11.9 Å². The van der Waals surface area contributed by atoms with E-state index in [0.29, 0.717) is 48.8 Å². The zero-order chi connectivity index (χ0) is 22.3. The molecule has 0 saturated heterocycles. The van der Waals surface area contributed by atoms with E-state index >= 15 is 0 Å². The standard InChI is InChI=1S/C24H25ClN4O3/c1-2-31-15-5-14-29-20-7-4-3-6-19(20)27-24(29)28-22(30)12-13-23-26-16-21(32-23)17-8-10-18(25)11-9-17/h3-4,6-11,16H,2,5,12-15H2,1H3,(H,27,28,30). The lowest BCUT2D eigenvalue weighted by molar-refractivity contribution is -0.116. The molecule has 0 fully saturated rings. The number of anilines is 1. The molecular weight excluding hydrogens is 428 g/mol. The molecule has 0 atom stereocenters. The molecule has 0 bridgehead atoms. The van der Waals surface area contributed by atoms with Crippen LogP contribution in [0, 0.1) is 0 Å². The van der Waals surface area contributed by atoms with Gasteiger partial charge in [0.15, 0.2) is 11.7 Å². The molecule has 0 aliphatic carbocycles. The number of imidazole rings is 1. The van der Waals surface area contributed by atoms with Crippen molar-refractivity contribution in [3.05, 3.63) is 65.6 Å². The number of para-hydroxylation sites is 2. The van der Waals surface area contributed by atoms with Gasteiger partial charge >= 0.3 is 0 Å². The van der Waals surface area contributed by atoms with Crippen molar-refractivity contribution in [3.8, 4) is 11.3 Å². The van der Waals surface area contributed by atoms with E-state index in [-0.39, 0.29) is 12.3 Å². The minimum atomic E-state index is -0.141. The summed E-state index contributed by atoms with van der Waals surface area (Å²) < 4.78 is 13.3. The molecule has 0 radical (unpaired) electrons. The van der Waals surface area contributed by atoms with E-state index in [1.165, 1.54) is 0 Å². The molecule has 32 heavy (non-hydrogen) atoms. The number of fused-ring (bicyclic) bond motifs is 1. The molecule has 2 aromatic carbocycles. The third-order valence-corrected chi connectivity index (χ3v) is 5.28. The predicted molar refractivity (Wildman–Crippen MR) is 125 cm³/mol. The highest BCUT2D eigenvalue weighted by molar-refractivity contribution is 6.30. The van der Waals surface area contributed by atoms with Gasteiger partial charge in [-0.05, 0) is 49.7 Å². The maximum absolute atomic E-state index is 12.6. The second-order valence-electron chi connectivity index (χ2n) is 7.30. The normalized spacial score (nSPS) is 11.2. The molecule has 7 nitrogen and oxygen atoms in total. The lowest BCUT2D eigenvalue weighted by Crippen LogP contribution is -2.17. The van der Waals surface area contributed by atoms with Gasteiger partial charge in [0.25, 0.3) is 0 Å². The molecule has 1 amide bonds. The molecular formula is C24H25ClN4O3. The van der Waals surface area contributed by atoms with Crippen LogP contribution in [0.4, 0.5) is 5.95 Å². The Morgan fingerprint density at radius 3 is 2.81 bits per heavy atom. The third kappa shape index (κ3) is 5.36. The first-order valence-corrected chi connectivity index (χ1v) is 11.1. The van der Waals surface area contributed by atoms with E-state index in [4.69, 9.17) is 20.8 Å². The highest BCUT2D eigenvalue weighted by atomic mass is 35.5. The van der Waals surface area contributed by atoms with E-state index < -0.39 is 0 Å². The van der Waals surface area contributed by atoms with Gasteiger partial charge in [-0.15, -0.1) is 0 Å². The summed E-state index contributed by atoms with van der Waals surface area (Å²) in [5, 5.41) is 3.61. The Balaban J connectivity index is 1.39. The number of amides is 1. The Morgan fingerprint density at radius 2 is 2.00 bits per heavy atom. The van der Waals surface area contributed by atoms with Gasteiger partial charge in [-0.2, -0.15) is 0 Å². The Morgan fingerprint density at radius 1 is 1.19 bits per heavy atom. The van der Waals surface area contributed by atoms with Gasteiger partial charge < -0.3 is 13.7 Å². The summed E-state index contributed by atoms with van der Waals surface area (Å²) in [7, 11) is 0. The van der Waals surface area contributed by atoms with Crippen LogP contribution < -0.4 is 5.32 Å². The molecule has 4 rings (SSSR count). The van der Waals surface area contributed by atoms with Crippen molar-refractivity contribution < 1.29 is 13.9 Å². The Kier molecular flexibility index (Phi) is 7.19. The van der Waals surface area contributed by atoms with Crippen LogP contribution in [-0.2, 0) is 22.5 Å². The van der Waals surface area contributed by atoms with E-state index in [1.807, 2.05) is 47.9 Å². The smallest absolute Gasteiger partial charge is 0.227 e. The molecule has 0 saturated carbocycles. The fourth-order valence-corrected chi connectivity index (χ4v) is 3.57. The van der Waals surface area contributed by atoms with Gasteiger partial charge in [0.05, 0.1) is 17.2 Å². The molecule has 4 aromatic rings. The quantitative estimate of drug-likeness (QED) is 0.328. The largest absolute Gasteiger partial charge is 0.441 e. The maximum Gasteiger partial charge on any atom is 0.227 e. The highest BCUT2D eigenvalue weighted by Crippen LogP contribution is 2.23. The number of aromatic nitrogens is 3. The number of carbonyl (C=O) groups excluding carboxylic acids is 1. The van der Waals surface area contributed by atoms with Crippen molar-refractivity contribution in [1.82, 2.24) is 14.5 Å². The second kappa shape index (κ2) is 10.4. The molecule has 0 unspecified atom stereocenters. The minimum absolute atomic E-state index is 0.141. The summed E-state index contributed by atoms with van der Waals surface area (Å²) in [5.74, 6) is 1.56. The summed E-state index contributed by atoms with van der Waals surface area (Å²) >= 11 is 5.93. The molecule has 1 N–H and O–H groups in total. The molecule has 0 aliphatic rings. The van der Waals surface area contributed by atoms with Crippen LogP contribution in [0.1, 0.15) is 25.7 Å². The number of benzene rings is 2. The third-order valence-electron chi connectivity index (χ3n) is 5.03. The monoisotopic (exact) mass is 452 g/mol. The zero-order valence-electron chi connectivity index (χ0n) is 17.9. The number of aryl methyl sites for hydroxylation is 2. The van der Waals surface area contributed by atoms with Crippen LogP contribution in [0.2, 0.25) is 5.02 Å². The van der Waals surface area contributed by atoms with Crippen molar-refractivity contribution in [1.29, 1.82) is 0 Å². The van der Waals surface area contributed by atoms with Gasteiger partial charge in [-0.1, -0.05) is 23.7 Å². The van der Waals surface area contributed by atoms with Crippen LogP contribution >= 0.6 is 11.6 Å². The SMILES string of the molecule is CCOCCCn1c(NC(=O)CCc2ncc(-c3ccc(Cl)cc3)o2)nc2ccccc21. The fraction of sp³-hybridized carbons (Fsp3) is 0.292. The number of nitrogens with zero attached hydrogens (tertiary/aromatic N) is 3. The van der Waals surface area contributed by atoms with Gasteiger partial charge in [0, 0.05) is 43.2 Å². The number of hydrogen-bond acceptors (Lipinski definition) is 5. The van der Waals surface area contributed by atoms with Crippen LogP contribution in [0.3, 0.4) is 0 Å². The van der Waals surface area contributed by atoms with E-state index in [0.717, 1.165) is 23.0 Å².